The molecule has 0 amide bonds. The van der Waals surface area contributed by atoms with Crippen molar-refractivity contribution < 1.29 is 18.1 Å². The summed E-state index contributed by atoms with van der Waals surface area (Å²) in [6.45, 7) is 0. The SMILES string of the molecule is O=S(=O)(O)C(O)c1ccccc1Br. The fraction of sp³-hybridized carbons (Fsp3) is 0.143. The van der Waals surface area contributed by atoms with Crippen molar-refractivity contribution in [3.63, 3.8) is 0 Å². The summed E-state index contributed by atoms with van der Waals surface area (Å²) in [4.78, 5) is 0. The summed E-state index contributed by atoms with van der Waals surface area (Å²) in [5, 5.41) is 9.17. The van der Waals surface area contributed by atoms with Gasteiger partial charge < -0.3 is 5.11 Å². The average molecular weight is 267 g/mol. The number of halogens is 1. The maximum atomic E-state index is 10.6. The van der Waals surface area contributed by atoms with Crippen LogP contribution in [0.5, 0.6) is 0 Å². The number of aliphatic hydroxyl groups is 1. The molecule has 0 aliphatic rings. The van der Waals surface area contributed by atoms with Crippen molar-refractivity contribution >= 4 is 26.0 Å². The highest BCUT2D eigenvalue weighted by atomic mass is 79.9. The third-order valence-electron chi connectivity index (χ3n) is 1.45. The normalized spacial score (nSPS) is 14.1. The number of aliphatic hydroxyl groups excluding tert-OH is 1. The first-order valence-corrected chi connectivity index (χ1v) is 5.61. The van der Waals surface area contributed by atoms with Gasteiger partial charge in [0.15, 0.2) is 0 Å². The highest BCUT2D eigenvalue weighted by molar-refractivity contribution is 9.10. The Morgan fingerprint density at radius 1 is 1.31 bits per heavy atom. The number of hydrogen-bond acceptors (Lipinski definition) is 3. The third-order valence-corrected chi connectivity index (χ3v) is 2.99. The van der Waals surface area contributed by atoms with Crippen LogP contribution in [0.2, 0.25) is 0 Å². The Labute approximate surface area is 84.1 Å². The minimum absolute atomic E-state index is 0.116. The molecule has 0 saturated heterocycles. The summed E-state index contributed by atoms with van der Waals surface area (Å²) in [6, 6.07) is 6.21. The monoisotopic (exact) mass is 266 g/mol. The Hall–Kier alpha value is -0.430. The molecule has 0 spiro atoms. The zero-order chi connectivity index (χ0) is 10.1. The molecule has 1 atom stereocenters. The van der Waals surface area contributed by atoms with Gasteiger partial charge in [-0.3, -0.25) is 4.55 Å². The van der Waals surface area contributed by atoms with Crippen LogP contribution in [-0.2, 0) is 10.1 Å². The van der Waals surface area contributed by atoms with Gasteiger partial charge in [-0.2, -0.15) is 8.42 Å². The topological polar surface area (TPSA) is 74.6 Å². The summed E-state index contributed by atoms with van der Waals surface area (Å²) < 4.78 is 30.1. The van der Waals surface area contributed by atoms with Gasteiger partial charge in [0.25, 0.3) is 10.1 Å². The first-order chi connectivity index (χ1) is 5.93. The van der Waals surface area contributed by atoms with E-state index >= 15 is 0 Å². The minimum Gasteiger partial charge on any atom is -0.371 e. The van der Waals surface area contributed by atoms with Crippen molar-refractivity contribution in [3.05, 3.63) is 34.3 Å². The lowest BCUT2D eigenvalue weighted by Gasteiger charge is -2.08. The van der Waals surface area contributed by atoms with Gasteiger partial charge in [0, 0.05) is 10.0 Å². The molecular weight excluding hydrogens is 260 g/mol. The van der Waals surface area contributed by atoms with E-state index in [1.54, 1.807) is 18.2 Å². The van der Waals surface area contributed by atoms with Crippen molar-refractivity contribution in [2.75, 3.05) is 0 Å². The average Bonchev–Trinajstić information content (AvgIpc) is 2.02. The largest absolute Gasteiger partial charge is 0.371 e. The van der Waals surface area contributed by atoms with Gasteiger partial charge >= 0.3 is 0 Å². The summed E-state index contributed by atoms with van der Waals surface area (Å²) in [6.07, 6.45) is 0. The fourth-order valence-corrected chi connectivity index (χ4v) is 2.02. The molecule has 0 aromatic heterocycles. The van der Waals surface area contributed by atoms with Crippen LogP contribution in [0.15, 0.2) is 28.7 Å². The summed E-state index contributed by atoms with van der Waals surface area (Å²) >= 11 is 3.05. The van der Waals surface area contributed by atoms with Crippen LogP contribution in [-0.4, -0.2) is 18.1 Å². The second-order valence-corrected chi connectivity index (χ2v) is 4.72. The molecule has 0 radical (unpaired) electrons. The smallest absolute Gasteiger partial charge is 0.296 e. The molecule has 0 fully saturated rings. The molecule has 13 heavy (non-hydrogen) atoms. The molecule has 1 aromatic rings. The molecule has 0 saturated carbocycles. The van der Waals surface area contributed by atoms with E-state index in [9.17, 15) is 8.42 Å². The van der Waals surface area contributed by atoms with Gasteiger partial charge in [-0.1, -0.05) is 34.1 Å². The van der Waals surface area contributed by atoms with Gasteiger partial charge in [-0.25, -0.2) is 0 Å². The van der Waals surface area contributed by atoms with E-state index in [-0.39, 0.29) is 5.56 Å². The van der Waals surface area contributed by atoms with Gasteiger partial charge in [-0.15, -0.1) is 0 Å². The Morgan fingerprint density at radius 2 is 1.85 bits per heavy atom. The molecular formula is C7H7BrO4S. The standard InChI is InChI=1S/C7H7BrO4S/c8-6-4-2-1-3-5(6)7(9)13(10,11)12/h1-4,7,9H,(H,10,11,12). The first kappa shape index (κ1) is 10.6. The van der Waals surface area contributed by atoms with Crippen LogP contribution in [0.4, 0.5) is 0 Å². The van der Waals surface area contributed by atoms with Gasteiger partial charge in [0.05, 0.1) is 0 Å². The van der Waals surface area contributed by atoms with E-state index in [0.29, 0.717) is 4.47 Å². The second-order valence-electron chi connectivity index (χ2n) is 2.39. The van der Waals surface area contributed by atoms with Crippen LogP contribution in [0, 0.1) is 0 Å². The van der Waals surface area contributed by atoms with Crippen molar-refractivity contribution in [2.24, 2.45) is 0 Å². The van der Waals surface area contributed by atoms with E-state index in [2.05, 4.69) is 15.9 Å². The predicted octanol–water partition coefficient (Wildman–Crippen LogP) is 1.33. The molecule has 2 N–H and O–H groups in total. The molecule has 0 bridgehead atoms. The molecule has 72 valence electrons. The highest BCUT2D eigenvalue weighted by Gasteiger charge is 2.23. The van der Waals surface area contributed by atoms with Crippen LogP contribution in [0.1, 0.15) is 11.0 Å². The van der Waals surface area contributed by atoms with E-state index in [4.69, 9.17) is 9.66 Å². The summed E-state index contributed by atoms with van der Waals surface area (Å²) in [5.41, 5.74) is -1.78. The van der Waals surface area contributed by atoms with Gasteiger partial charge in [0.1, 0.15) is 0 Å². The van der Waals surface area contributed by atoms with Crippen LogP contribution >= 0.6 is 15.9 Å². The Kier molecular flexibility index (Phi) is 3.07. The van der Waals surface area contributed by atoms with Crippen molar-refractivity contribution in [1.82, 2.24) is 0 Å². The molecule has 0 aliphatic heterocycles. The lowest BCUT2D eigenvalue weighted by molar-refractivity contribution is 0.237. The van der Waals surface area contributed by atoms with E-state index in [0.717, 1.165) is 0 Å². The van der Waals surface area contributed by atoms with Crippen molar-refractivity contribution in [3.8, 4) is 0 Å². The van der Waals surface area contributed by atoms with E-state index in [1.807, 2.05) is 0 Å². The van der Waals surface area contributed by atoms with Crippen LogP contribution in [0.25, 0.3) is 0 Å². The maximum absolute atomic E-state index is 10.6. The predicted molar refractivity (Wildman–Crippen MR) is 50.7 cm³/mol. The molecule has 1 aromatic carbocycles. The highest BCUT2D eigenvalue weighted by Crippen LogP contribution is 2.25. The minimum atomic E-state index is -4.45. The molecule has 1 unspecified atom stereocenters. The van der Waals surface area contributed by atoms with E-state index < -0.39 is 15.6 Å². The second kappa shape index (κ2) is 3.75. The van der Waals surface area contributed by atoms with Crippen molar-refractivity contribution in [2.45, 2.75) is 5.44 Å². The first-order valence-electron chi connectivity index (χ1n) is 3.31. The number of rotatable bonds is 2. The lowest BCUT2D eigenvalue weighted by Crippen LogP contribution is -2.11. The van der Waals surface area contributed by atoms with Crippen LogP contribution < -0.4 is 0 Å². The maximum Gasteiger partial charge on any atom is 0.296 e. The van der Waals surface area contributed by atoms with E-state index in [1.165, 1.54) is 6.07 Å². The zero-order valence-electron chi connectivity index (χ0n) is 6.38. The van der Waals surface area contributed by atoms with Gasteiger partial charge in [0.2, 0.25) is 5.44 Å². The summed E-state index contributed by atoms with van der Waals surface area (Å²) in [5.74, 6) is 0. The Morgan fingerprint density at radius 3 is 2.31 bits per heavy atom. The molecule has 1 rings (SSSR count). The molecule has 0 heterocycles. The van der Waals surface area contributed by atoms with Crippen molar-refractivity contribution in [1.29, 1.82) is 0 Å². The summed E-state index contributed by atoms with van der Waals surface area (Å²) in [7, 11) is -4.45. The third kappa shape index (κ3) is 2.50. The Bertz CT molecular complexity index is 401. The Balaban J connectivity index is 3.17. The fourth-order valence-electron chi connectivity index (χ4n) is 0.836. The van der Waals surface area contributed by atoms with Crippen LogP contribution in [0.3, 0.4) is 0 Å². The lowest BCUT2D eigenvalue weighted by atomic mass is 10.2. The molecule has 4 nitrogen and oxygen atoms in total. The number of benzene rings is 1. The zero-order valence-corrected chi connectivity index (χ0v) is 8.79. The quantitative estimate of drug-likeness (QED) is 0.792. The molecule has 0 aliphatic carbocycles. The number of hydrogen-bond donors (Lipinski definition) is 2. The molecule has 6 heteroatoms. The van der Waals surface area contributed by atoms with Gasteiger partial charge in [-0.05, 0) is 6.07 Å².